The van der Waals surface area contributed by atoms with Crippen LogP contribution in [0.2, 0.25) is 10.0 Å². The Kier molecular flexibility index (Phi) is 4.25. The fraction of sp³-hybridized carbons (Fsp3) is 0.214. The summed E-state index contributed by atoms with van der Waals surface area (Å²) >= 11 is 12.0. The van der Waals surface area contributed by atoms with Gasteiger partial charge in [0.1, 0.15) is 0 Å². The molecule has 0 saturated carbocycles. The molecule has 3 rings (SSSR count). The Bertz CT molecular complexity index is 987. The van der Waals surface area contributed by atoms with E-state index in [1.54, 1.807) is 19.0 Å². The molecule has 124 valence electrons. The summed E-state index contributed by atoms with van der Waals surface area (Å²) in [7, 11) is 3.57. The van der Waals surface area contributed by atoms with Gasteiger partial charge in [-0.15, -0.1) is 0 Å². The van der Waals surface area contributed by atoms with Gasteiger partial charge in [-0.2, -0.15) is 15.0 Å². The molecule has 0 bridgehead atoms. The van der Waals surface area contributed by atoms with Crippen LogP contribution in [0.3, 0.4) is 0 Å². The van der Waals surface area contributed by atoms with Crippen LogP contribution < -0.4 is 16.2 Å². The molecule has 1 aromatic carbocycles. The van der Waals surface area contributed by atoms with Crippen molar-refractivity contribution in [2.45, 2.75) is 6.54 Å². The summed E-state index contributed by atoms with van der Waals surface area (Å²) in [5, 5.41) is 1.01. The molecule has 0 unspecified atom stereocenters. The van der Waals surface area contributed by atoms with Crippen LogP contribution in [0.25, 0.3) is 10.9 Å². The number of halogens is 2. The first kappa shape index (κ1) is 16.4. The Labute approximate surface area is 146 Å². The number of rotatable bonds is 3. The Morgan fingerprint density at radius 2 is 1.96 bits per heavy atom. The summed E-state index contributed by atoms with van der Waals surface area (Å²) in [6, 6.07) is 3.07. The Balaban J connectivity index is 2.08. The highest BCUT2D eigenvalue weighted by atomic mass is 35.5. The molecular weight excluding hydrogens is 353 g/mol. The quantitative estimate of drug-likeness (QED) is 0.751. The third-order valence-corrected chi connectivity index (χ3v) is 3.75. The lowest BCUT2D eigenvalue weighted by atomic mass is 10.2. The van der Waals surface area contributed by atoms with E-state index >= 15 is 0 Å². The van der Waals surface area contributed by atoms with Crippen LogP contribution in [0, 0.1) is 0 Å². The minimum atomic E-state index is -0.296. The number of nitrogen functional groups attached to an aromatic ring is 1. The van der Waals surface area contributed by atoms with E-state index in [0.29, 0.717) is 32.7 Å². The van der Waals surface area contributed by atoms with Crippen molar-refractivity contribution in [2.24, 2.45) is 0 Å². The molecule has 0 aliphatic carbocycles. The standard InChI is InChI=1S/C14H13Cl2N7O/c1-22(2)14-20-10(19-13(17)21-14)5-23-6-18-11-8(12(23)24)3-7(15)4-9(11)16/h3-4,6H,5H2,1-2H3,(H2,17,19,20,21). The molecular formula is C14H13Cl2N7O. The molecule has 0 spiro atoms. The average molecular weight is 366 g/mol. The van der Waals surface area contributed by atoms with Gasteiger partial charge in [-0.3, -0.25) is 9.36 Å². The minimum absolute atomic E-state index is 0.0802. The smallest absolute Gasteiger partial charge is 0.261 e. The summed E-state index contributed by atoms with van der Waals surface area (Å²) in [6.45, 7) is 0.0967. The number of anilines is 2. The molecule has 0 amide bonds. The van der Waals surface area contributed by atoms with Crippen molar-refractivity contribution in [3.63, 3.8) is 0 Å². The van der Waals surface area contributed by atoms with E-state index in [0.717, 1.165) is 0 Å². The van der Waals surface area contributed by atoms with Crippen molar-refractivity contribution < 1.29 is 0 Å². The molecule has 0 saturated heterocycles. The zero-order valence-electron chi connectivity index (χ0n) is 12.9. The molecule has 0 radical (unpaired) electrons. The van der Waals surface area contributed by atoms with Crippen molar-refractivity contribution in [1.82, 2.24) is 24.5 Å². The van der Waals surface area contributed by atoms with Crippen LogP contribution in [0.4, 0.5) is 11.9 Å². The summed E-state index contributed by atoms with van der Waals surface area (Å²) in [5.74, 6) is 0.838. The highest BCUT2D eigenvalue weighted by molar-refractivity contribution is 6.38. The van der Waals surface area contributed by atoms with Crippen LogP contribution in [0.15, 0.2) is 23.3 Å². The molecule has 10 heteroatoms. The zero-order valence-corrected chi connectivity index (χ0v) is 14.4. The number of hydrogen-bond acceptors (Lipinski definition) is 7. The van der Waals surface area contributed by atoms with E-state index in [-0.39, 0.29) is 18.1 Å². The van der Waals surface area contributed by atoms with Gasteiger partial charge in [-0.05, 0) is 12.1 Å². The van der Waals surface area contributed by atoms with Crippen molar-refractivity contribution in [3.8, 4) is 0 Å². The maximum Gasteiger partial charge on any atom is 0.261 e. The summed E-state index contributed by atoms with van der Waals surface area (Å²) in [4.78, 5) is 30.9. The molecule has 8 nitrogen and oxygen atoms in total. The van der Waals surface area contributed by atoms with Crippen LogP contribution in [-0.4, -0.2) is 38.6 Å². The van der Waals surface area contributed by atoms with Crippen molar-refractivity contribution in [1.29, 1.82) is 0 Å². The zero-order chi connectivity index (χ0) is 17.4. The van der Waals surface area contributed by atoms with Gasteiger partial charge in [0.2, 0.25) is 11.9 Å². The largest absolute Gasteiger partial charge is 0.368 e. The lowest BCUT2D eigenvalue weighted by molar-refractivity contribution is 0.700. The summed E-state index contributed by atoms with van der Waals surface area (Å²) in [6.07, 6.45) is 1.39. The SMILES string of the molecule is CN(C)c1nc(N)nc(Cn2cnc3c(Cl)cc(Cl)cc3c2=O)n1. The second-order valence-corrected chi connectivity index (χ2v) is 6.11. The average Bonchev–Trinajstić information content (AvgIpc) is 2.50. The fourth-order valence-corrected chi connectivity index (χ4v) is 2.70. The molecule has 2 N–H and O–H groups in total. The summed E-state index contributed by atoms with van der Waals surface area (Å²) < 4.78 is 1.36. The van der Waals surface area contributed by atoms with Gasteiger partial charge in [0.15, 0.2) is 5.82 Å². The van der Waals surface area contributed by atoms with Gasteiger partial charge in [0.25, 0.3) is 5.56 Å². The predicted molar refractivity (Wildman–Crippen MR) is 93.7 cm³/mol. The van der Waals surface area contributed by atoms with Crippen LogP contribution in [0.5, 0.6) is 0 Å². The number of aromatic nitrogens is 5. The Morgan fingerprint density at radius 3 is 2.67 bits per heavy atom. The molecule has 24 heavy (non-hydrogen) atoms. The monoisotopic (exact) mass is 365 g/mol. The first-order valence-corrected chi connectivity index (χ1v) is 7.62. The van der Waals surface area contributed by atoms with Gasteiger partial charge in [0, 0.05) is 19.1 Å². The maximum atomic E-state index is 12.6. The second kappa shape index (κ2) is 6.21. The van der Waals surface area contributed by atoms with Gasteiger partial charge >= 0.3 is 0 Å². The van der Waals surface area contributed by atoms with Crippen LogP contribution in [0.1, 0.15) is 5.82 Å². The Morgan fingerprint density at radius 1 is 1.21 bits per heavy atom. The minimum Gasteiger partial charge on any atom is -0.368 e. The highest BCUT2D eigenvalue weighted by Crippen LogP contribution is 2.24. The molecule has 0 fully saturated rings. The van der Waals surface area contributed by atoms with Gasteiger partial charge < -0.3 is 10.6 Å². The lowest BCUT2D eigenvalue weighted by Crippen LogP contribution is -2.23. The van der Waals surface area contributed by atoms with Crippen molar-refractivity contribution >= 4 is 46.0 Å². The Hall–Kier alpha value is -2.45. The van der Waals surface area contributed by atoms with Gasteiger partial charge in [-0.25, -0.2) is 4.98 Å². The first-order chi connectivity index (χ1) is 11.3. The van der Waals surface area contributed by atoms with Crippen LogP contribution in [-0.2, 0) is 6.54 Å². The number of fused-ring (bicyclic) bond motifs is 1. The predicted octanol–water partition coefficient (Wildman–Crippen LogP) is 1.58. The summed E-state index contributed by atoms with van der Waals surface area (Å²) in [5.41, 5.74) is 5.79. The second-order valence-electron chi connectivity index (χ2n) is 5.27. The third-order valence-electron chi connectivity index (χ3n) is 3.24. The van der Waals surface area contributed by atoms with Crippen molar-refractivity contribution in [2.75, 3.05) is 24.7 Å². The molecule has 2 aromatic heterocycles. The number of hydrogen-bond donors (Lipinski definition) is 1. The van der Waals surface area contributed by atoms with Crippen molar-refractivity contribution in [3.05, 3.63) is 44.7 Å². The first-order valence-electron chi connectivity index (χ1n) is 6.87. The topological polar surface area (TPSA) is 103 Å². The normalized spacial score (nSPS) is 11.0. The number of nitrogens with zero attached hydrogens (tertiary/aromatic N) is 6. The third kappa shape index (κ3) is 3.10. The molecule has 0 atom stereocenters. The molecule has 0 aliphatic rings. The van der Waals surface area contributed by atoms with E-state index in [4.69, 9.17) is 28.9 Å². The molecule has 2 heterocycles. The number of nitrogens with two attached hydrogens (primary N) is 1. The van der Waals surface area contributed by atoms with E-state index < -0.39 is 0 Å². The maximum absolute atomic E-state index is 12.6. The van der Waals surface area contributed by atoms with Crippen LogP contribution >= 0.6 is 23.2 Å². The molecule has 0 aliphatic heterocycles. The molecule has 3 aromatic rings. The lowest BCUT2D eigenvalue weighted by Gasteiger charge is -2.12. The van der Waals surface area contributed by atoms with Gasteiger partial charge in [-0.1, -0.05) is 23.2 Å². The number of benzene rings is 1. The fourth-order valence-electron chi connectivity index (χ4n) is 2.16. The van der Waals surface area contributed by atoms with E-state index in [1.165, 1.54) is 23.0 Å². The van der Waals surface area contributed by atoms with E-state index in [1.807, 2.05) is 0 Å². The van der Waals surface area contributed by atoms with E-state index in [9.17, 15) is 4.79 Å². The van der Waals surface area contributed by atoms with E-state index in [2.05, 4.69) is 19.9 Å². The van der Waals surface area contributed by atoms with Gasteiger partial charge in [0.05, 0.1) is 28.8 Å². The highest BCUT2D eigenvalue weighted by Gasteiger charge is 2.12.